The minimum absolute atomic E-state index is 0.190. The number of halogens is 1. The van der Waals surface area contributed by atoms with E-state index in [2.05, 4.69) is 20.3 Å². The van der Waals surface area contributed by atoms with Gasteiger partial charge in [-0.25, -0.2) is 9.97 Å². The molecule has 0 unspecified atom stereocenters. The average molecular weight is 433 g/mol. The smallest absolute Gasteiger partial charge is 0.138 e. The summed E-state index contributed by atoms with van der Waals surface area (Å²) in [4.78, 5) is 12.6. The average Bonchev–Trinajstić information content (AvgIpc) is 3.59. The lowest BCUT2D eigenvalue weighted by Gasteiger charge is -2.18. The van der Waals surface area contributed by atoms with E-state index in [1.807, 2.05) is 42.5 Å². The van der Waals surface area contributed by atoms with Crippen LogP contribution in [0, 0.1) is 0 Å². The van der Waals surface area contributed by atoms with Crippen molar-refractivity contribution in [2.24, 2.45) is 0 Å². The molecule has 0 bridgehead atoms. The van der Waals surface area contributed by atoms with Crippen LogP contribution in [0.25, 0.3) is 10.8 Å². The minimum Gasteiger partial charge on any atom is -0.491 e. The summed E-state index contributed by atoms with van der Waals surface area (Å²) in [5.41, 5.74) is 1.76. The summed E-state index contributed by atoms with van der Waals surface area (Å²) in [7, 11) is 0. The molecule has 0 aliphatic heterocycles. The van der Waals surface area contributed by atoms with E-state index in [1.165, 1.54) is 0 Å². The maximum absolute atomic E-state index is 6.14. The first kappa shape index (κ1) is 19.7. The van der Waals surface area contributed by atoms with Gasteiger partial charge in [0.15, 0.2) is 0 Å². The van der Waals surface area contributed by atoms with Gasteiger partial charge in [-0.2, -0.15) is 0 Å². The predicted octanol–water partition coefficient (Wildman–Crippen LogP) is 5.55. The molecule has 3 aromatic heterocycles. The molecule has 0 amide bonds. The maximum Gasteiger partial charge on any atom is 0.138 e. The number of aromatic nitrogens is 3. The topological polar surface area (TPSA) is 69.2 Å². The number of anilines is 2. The first-order chi connectivity index (χ1) is 15.2. The van der Waals surface area contributed by atoms with E-state index in [-0.39, 0.29) is 5.60 Å². The SMILES string of the molecule is Clc1ccc(Nc2nccc3cc(OCC4(OCc5ccncc5)CC4)ccc23)cn1. The predicted molar refractivity (Wildman–Crippen MR) is 121 cm³/mol. The van der Waals surface area contributed by atoms with Crippen molar-refractivity contribution in [2.75, 3.05) is 11.9 Å². The third-order valence-corrected chi connectivity index (χ3v) is 5.55. The van der Waals surface area contributed by atoms with Crippen molar-refractivity contribution in [3.63, 3.8) is 0 Å². The fourth-order valence-electron chi connectivity index (χ4n) is 3.33. The van der Waals surface area contributed by atoms with E-state index in [0.29, 0.717) is 18.4 Å². The zero-order valence-corrected chi connectivity index (χ0v) is 17.5. The van der Waals surface area contributed by atoms with E-state index in [4.69, 9.17) is 21.1 Å². The van der Waals surface area contributed by atoms with Crippen molar-refractivity contribution in [1.29, 1.82) is 0 Å². The fourth-order valence-corrected chi connectivity index (χ4v) is 3.44. The van der Waals surface area contributed by atoms with Crippen LogP contribution in [0.3, 0.4) is 0 Å². The highest BCUT2D eigenvalue weighted by atomic mass is 35.5. The largest absolute Gasteiger partial charge is 0.491 e. The highest BCUT2D eigenvalue weighted by Gasteiger charge is 2.45. The van der Waals surface area contributed by atoms with Crippen LogP contribution in [-0.4, -0.2) is 27.2 Å². The summed E-state index contributed by atoms with van der Waals surface area (Å²) < 4.78 is 12.2. The number of rotatable bonds is 8. The second kappa shape index (κ2) is 8.49. The molecule has 1 aliphatic carbocycles. The fraction of sp³-hybridized carbons (Fsp3) is 0.208. The zero-order chi connectivity index (χ0) is 21.1. The molecule has 1 aliphatic rings. The molecule has 0 spiro atoms. The van der Waals surface area contributed by atoms with Crippen molar-refractivity contribution in [3.05, 3.63) is 84.0 Å². The number of hydrogen-bond donors (Lipinski definition) is 1. The molecule has 1 aromatic carbocycles. The van der Waals surface area contributed by atoms with Crippen LogP contribution in [-0.2, 0) is 11.3 Å². The van der Waals surface area contributed by atoms with Crippen LogP contribution in [0.4, 0.5) is 11.5 Å². The van der Waals surface area contributed by atoms with E-state index in [1.54, 1.807) is 30.9 Å². The second-order valence-corrected chi connectivity index (χ2v) is 8.04. The zero-order valence-electron chi connectivity index (χ0n) is 16.8. The van der Waals surface area contributed by atoms with E-state index >= 15 is 0 Å². The molecule has 1 N–H and O–H groups in total. The molecular weight excluding hydrogens is 412 g/mol. The summed E-state index contributed by atoms with van der Waals surface area (Å²) in [5.74, 6) is 1.57. The van der Waals surface area contributed by atoms with Crippen LogP contribution in [0.15, 0.2) is 73.3 Å². The van der Waals surface area contributed by atoms with Gasteiger partial charge in [0.25, 0.3) is 0 Å². The normalized spacial score (nSPS) is 14.4. The Morgan fingerprint density at radius 1 is 0.968 bits per heavy atom. The Morgan fingerprint density at radius 2 is 1.84 bits per heavy atom. The number of ether oxygens (including phenoxy) is 2. The van der Waals surface area contributed by atoms with Crippen molar-refractivity contribution in [1.82, 2.24) is 15.0 Å². The number of nitrogens with zero attached hydrogens (tertiary/aromatic N) is 3. The molecule has 7 heteroatoms. The Balaban J connectivity index is 1.25. The molecule has 1 fully saturated rings. The van der Waals surface area contributed by atoms with Gasteiger partial charge < -0.3 is 14.8 Å². The molecule has 6 nitrogen and oxygen atoms in total. The van der Waals surface area contributed by atoms with Gasteiger partial charge in [0.05, 0.1) is 18.5 Å². The number of benzene rings is 1. The third-order valence-electron chi connectivity index (χ3n) is 5.33. The lowest BCUT2D eigenvalue weighted by atomic mass is 10.1. The van der Waals surface area contributed by atoms with Crippen LogP contribution < -0.4 is 10.1 Å². The van der Waals surface area contributed by atoms with Gasteiger partial charge in [0.2, 0.25) is 0 Å². The number of nitrogens with one attached hydrogen (secondary N) is 1. The molecule has 0 saturated heterocycles. The lowest BCUT2D eigenvalue weighted by Crippen LogP contribution is -2.23. The summed E-state index contributed by atoms with van der Waals surface area (Å²) >= 11 is 5.86. The summed E-state index contributed by atoms with van der Waals surface area (Å²) in [6.45, 7) is 1.11. The van der Waals surface area contributed by atoms with Gasteiger partial charge in [-0.3, -0.25) is 4.98 Å². The standard InChI is InChI=1S/C24H21ClN4O2/c25-22-4-1-19(14-28-22)29-23-21-3-2-20(13-18(21)7-12-27-23)30-16-24(8-9-24)31-15-17-5-10-26-11-6-17/h1-7,10-14H,8-9,15-16H2,(H,27,29). The van der Waals surface area contributed by atoms with Crippen LogP contribution in [0.1, 0.15) is 18.4 Å². The minimum atomic E-state index is -0.190. The maximum atomic E-state index is 6.14. The molecule has 0 atom stereocenters. The second-order valence-electron chi connectivity index (χ2n) is 7.65. The highest BCUT2D eigenvalue weighted by Crippen LogP contribution is 2.41. The quantitative estimate of drug-likeness (QED) is 0.368. The Morgan fingerprint density at radius 3 is 2.61 bits per heavy atom. The molecule has 4 aromatic rings. The van der Waals surface area contributed by atoms with Gasteiger partial charge in [0, 0.05) is 24.0 Å². The Labute approximate surface area is 185 Å². The highest BCUT2D eigenvalue weighted by molar-refractivity contribution is 6.29. The molecule has 31 heavy (non-hydrogen) atoms. The van der Waals surface area contributed by atoms with Crippen molar-refractivity contribution < 1.29 is 9.47 Å². The van der Waals surface area contributed by atoms with Crippen molar-refractivity contribution in [2.45, 2.75) is 25.0 Å². The number of fused-ring (bicyclic) bond motifs is 1. The van der Waals surface area contributed by atoms with Crippen molar-refractivity contribution in [3.8, 4) is 5.75 Å². The third kappa shape index (κ3) is 4.76. The summed E-state index contributed by atoms with van der Waals surface area (Å²) in [6, 6.07) is 15.5. The van der Waals surface area contributed by atoms with E-state index in [0.717, 1.165) is 46.4 Å². The van der Waals surface area contributed by atoms with Gasteiger partial charge in [-0.1, -0.05) is 11.6 Å². The lowest BCUT2D eigenvalue weighted by molar-refractivity contribution is -0.0106. The molecule has 0 radical (unpaired) electrons. The number of pyridine rings is 3. The molecule has 156 valence electrons. The van der Waals surface area contributed by atoms with E-state index < -0.39 is 0 Å². The first-order valence-electron chi connectivity index (χ1n) is 10.1. The summed E-state index contributed by atoms with van der Waals surface area (Å²) in [6.07, 6.45) is 9.05. The van der Waals surface area contributed by atoms with Crippen LogP contribution in [0.5, 0.6) is 5.75 Å². The monoisotopic (exact) mass is 432 g/mol. The Bertz CT molecular complexity index is 1180. The molecule has 1 saturated carbocycles. The Hall–Kier alpha value is -3.22. The number of hydrogen-bond acceptors (Lipinski definition) is 6. The van der Waals surface area contributed by atoms with Crippen LogP contribution >= 0.6 is 11.6 Å². The Kier molecular flexibility index (Phi) is 5.40. The molecule has 5 rings (SSSR count). The molecular formula is C24H21ClN4O2. The van der Waals surface area contributed by atoms with Gasteiger partial charge >= 0.3 is 0 Å². The van der Waals surface area contributed by atoms with E-state index in [9.17, 15) is 0 Å². The summed E-state index contributed by atoms with van der Waals surface area (Å²) in [5, 5.41) is 5.79. The van der Waals surface area contributed by atoms with Crippen molar-refractivity contribution >= 4 is 33.9 Å². The van der Waals surface area contributed by atoms with Gasteiger partial charge in [-0.05, 0) is 72.3 Å². The first-order valence-corrected chi connectivity index (χ1v) is 10.5. The van der Waals surface area contributed by atoms with Gasteiger partial charge in [-0.15, -0.1) is 0 Å². The van der Waals surface area contributed by atoms with Gasteiger partial charge in [0.1, 0.15) is 28.9 Å². The van der Waals surface area contributed by atoms with Crippen LogP contribution in [0.2, 0.25) is 5.15 Å². The molecule has 3 heterocycles.